The highest BCUT2D eigenvalue weighted by atomic mass is 79.9. The molecule has 1 N–H and O–H groups in total. The zero-order chi connectivity index (χ0) is 15.4. The molecule has 21 heavy (non-hydrogen) atoms. The molecule has 0 amide bonds. The first kappa shape index (κ1) is 15.7. The number of hydrogen-bond donors (Lipinski definition) is 1. The topological polar surface area (TPSA) is 86.9 Å². The highest BCUT2D eigenvalue weighted by Gasteiger charge is 2.24. The van der Waals surface area contributed by atoms with Gasteiger partial charge in [-0.15, -0.1) is 0 Å². The quantitative estimate of drug-likeness (QED) is 0.640. The van der Waals surface area contributed by atoms with Crippen molar-refractivity contribution in [2.24, 2.45) is 0 Å². The van der Waals surface area contributed by atoms with Crippen LogP contribution in [0.4, 0.5) is 11.4 Å². The molecule has 2 rings (SSSR count). The van der Waals surface area contributed by atoms with E-state index in [1.54, 1.807) is 12.1 Å². The molecule has 1 fully saturated rings. The van der Waals surface area contributed by atoms with Gasteiger partial charge in [-0.3, -0.25) is 19.8 Å². The van der Waals surface area contributed by atoms with Crippen molar-refractivity contribution in [2.45, 2.75) is 6.42 Å². The van der Waals surface area contributed by atoms with Gasteiger partial charge in [-0.05, 0) is 12.1 Å². The number of carboxylic acids is 1. The Balaban J connectivity index is 2.03. The molecule has 0 aliphatic carbocycles. The molecule has 0 spiro atoms. The molecular formula is C13H16BrN3O4. The lowest BCUT2D eigenvalue weighted by Gasteiger charge is -2.35. The van der Waals surface area contributed by atoms with E-state index in [4.69, 9.17) is 5.11 Å². The van der Waals surface area contributed by atoms with Crippen molar-refractivity contribution >= 4 is 33.3 Å². The maximum atomic E-state index is 11.1. The molecule has 1 aliphatic rings. The van der Waals surface area contributed by atoms with Gasteiger partial charge in [0.2, 0.25) is 0 Å². The van der Waals surface area contributed by atoms with E-state index >= 15 is 0 Å². The number of benzene rings is 1. The predicted molar refractivity (Wildman–Crippen MR) is 81.7 cm³/mol. The second kappa shape index (κ2) is 6.86. The highest BCUT2D eigenvalue weighted by Crippen LogP contribution is 2.31. The van der Waals surface area contributed by atoms with Crippen LogP contribution in [0.3, 0.4) is 0 Å². The SMILES string of the molecule is O=C(O)CCN1CCN(c2cc(Br)ccc2[N+](=O)[O-])CC1. The molecular weight excluding hydrogens is 342 g/mol. The zero-order valence-corrected chi connectivity index (χ0v) is 13.0. The minimum Gasteiger partial charge on any atom is -0.481 e. The summed E-state index contributed by atoms with van der Waals surface area (Å²) in [6.45, 7) is 3.23. The van der Waals surface area contributed by atoms with Crippen LogP contribution in [-0.2, 0) is 4.79 Å². The van der Waals surface area contributed by atoms with Crippen molar-refractivity contribution in [3.05, 3.63) is 32.8 Å². The molecule has 1 saturated heterocycles. The Bertz CT molecular complexity index is 544. The van der Waals surface area contributed by atoms with Gasteiger partial charge in [0.05, 0.1) is 11.3 Å². The average Bonchev–Trinajstić information content (AvgIpc) is 2.45. The van der Waals surface area contributed by atoms with Gasteiger partial charge in [-0.1, -0.05) is 15.9 Å². The Morgan fingerprint density at radius 2 is 2.00 bits per heavy atom. The van der Waals surface area contributed by atoms with E-state index in [0.717, 1.165) is 4.47 Å². The summed E-state index contributed by atoms with van der Waals surface area (Å²) in [4.78, 5) is 25.3. The predicted octanol–water partition coefficient (Wildman–Crippen LogP) is 1.95. The van der Waals surface area contributed by atoms with Crippen LogP contribution in [0, 0.1) is 10.1 Å². The van der Waals surface area contributed by atoms with E-state index in [-0.39, 0.29) is 17.0 Å². The summed E-state index contributed by atoms with van der Waals surface area (Å²) in [7, 11) is 0. The summed E-state index contributed by atoms with van der Waals surface area (Å²) in [5.74, 6) is -0.806. The molecule has 0 saturated carbocycles. The Morgan fingerprint density at radius 1 is 1.33 bits per heavy atom. The monoisotopic (exact) mass is 357 g/mol. The van der Waals surface area contributed by atoms with Crippen LogP contribution in [0.2, 0.25) is 0 Å². The number of nitro benzene ring substituents is 1. The minimum absolute atomic E-state index is 0.0946. The number of rotatable bonds is 5. The molecule has 0 radical (unpaired) electrons. The number of nitrogens with zero attached hydrogens (tertiary/aromatic N) is 3. The Kier molecular flexibility index (Phi) is 5.13. The molecule has 7 nitrogen and oxygen atoms in total. The van der Waals surface area contributed by atoms with Gasteiger partial charge in [0.1, 0.15) is 5.69 Å². The van der Waals surface area contributed by atoms with Crippen molar-refractivity contribution in [1.29, 1.82) is 0 Å². The smallest absolute Gasteiger partial charge is 0.304 e. The first-order valence-corrected chi connectivity index (χ1v) is 7.39. The van der Waals surface area contributed by atoms with Crippen molar-refractivity contribution in [3.63, 3.8) is 0 Å². The van der Waals surface area contributed by atoms with Crippen LogP contribution in [0.5, 0.6) is 0 Å². The lowest BCUT2D eigenvalue weighted by Crippen LogP contribution is -2.47. The highest BCUT2D eigenvalue weighted by molar-refractivity contribution is 9.10. The summed E-state index contributed by atoms with van der Waals surface area (Å²) in [5, 5.41) is 19.8. The van der Waals surface area contributed by atoms with Crippen molar-refractivity contribution in [1.82, 2.24) is 4.90 Å². The van der Waals surface area contributed by atoms with Gasteiger partial charge in [0.15, 0.2) is 0 Å². The number of nitro groups is 1. The second-order valence-electron chi connectivity index (χ2n) is 4.86. The minimum atomic E-state index is -0.806. The first-order valence-electron chi connectivity index (χ1n) is 6.60. The van der Waals surface area contributed by atoms with E-state index < -0.39 is 5.97 Å². The van der Waals surface area contributed by atoms with E-state index in [2.05, 4.69) is 20.8 Å². The molecule has 0 bridgehead atoms. The Hall–Kier alpha value is -1.67. The normalized spacial score (nSPS) is 16.0. The summed E-state index contributed by atoms with van der Waals surface area (Å²) in [6, 6.07) is 4.91. The van der Waals surface area contributed by atoms with Crippen LogP contribution >= 0.6 is 15.9 Å². The number of carboxylic acid groups (broad SMARTS) is 1. The van der Waals surface area contributed by atoms with E-state index in [1.807, 2.05) is 4.90 Å². The van der Waals surface area contributed by atoms with E-state index in [1.165, 1.54) is 6.07 Å². The fourth-order valence-corrected chi connectivity index (χ4v) is 2.72. The average molecular weight is 358 g/mol. The number of anilines is 1. The lowest BCUT2D eigenvalue weighted by molar-refractivity contribution is -0.384. The molecule has 0 aromatic heterocycles. The van der Waals surface area contributed by atoms with Crippen LogP contribution in [0.15, 0.2) is 22.7 Å². The molecule has 0 unspecified atom stereocenters. The molecule has 1 aliphatic heterocycles. The van der Waals surface area contributed by atoms with Gasteiger partial charge in [-0.2, -0.15) is 0 Å². The van der Waals surface area contributed by atoms with Gasteiger partial charge < -0.3 is 10.0 Å². The summed E-state index contributed by atoms with van der Waals surface area (Å²) < 4.78 is 0.802. The number of carbonyl (C=O) groups is 1. The molecule has 8 heteroatoms. The number of halogens is 1. The maximum absolute atomic E-state index is 11.1. The van der Waals surface area contributed by atoms with Gasteiger partial charge in [0.25, 0.3) is 5.69 Å². The molecule has 114 valence electrons. The van der Waals surface area contributed by atoms with Gasteiger partial charge in [0, 0.05) is 43.3 Å². The lowest BCUT2D eigenvalue weighted by atomic mass is 10.2. The van der Waals surface area contributed by atoms with Gasteiger partial charge in [-0.25, -0.2) is 0 Å². The second-order valence-corrected chi connectivity index (χ2v) is 5.78. The molecule has 0 atom stereocenters. The third kappa shape index (κ3) is 4.15. The van der Waals surface area contributed by atoms with Crippen LogP contribution in [0.25, 0.3) is 0 Å². The number of piperazine rings is 1. The largest absolute Gasteiger partial charge is 0.481 e. The third-order valence-electron chi connectivity index (χ3n) is 3.49. The Labute approximate surface area is 130 Å². The fraction of sp³-hybridized carbons (Fsp3) is 0.462. The molecule has 1 aromatic carbocycles. The van der Waals surface area contributed by atoms with Crippen molar-refractivity contribution in [2.75, 3.05) is 37.6 Å². The van der Waals surface area contributed by atoms with E-state index in [9.17, 15) is 14.9 Å². The summed E-state index contributed by atoms with van der Waals surface area (Å²) in [5.41, 5.74) is 0.699. The molecule has 1 heterocycles. The Morgan fingerprint density at radius 3 is 2.57 bits per heavy atom. The van der Waals surface area contributed by atoms with Crippen molar-refractivity contribution < 1.29 is 14.8 Å². The zero-order valence-electron chi connectivity index (χ0n) is 11.4. The standard InChI is InChI=1S/C13H16BrN3O4/c14-10-1-2-11(17(20)21)12(9-10)16-7-5-15(6-8-16)4-3-13(18)19/h1-2,9H,3-8H2,(H,18,19). The number of aliphatic carboxylic acids is 1. The van der Waals surface area contributed by atoms with Crippen LogP contribution in [0.1, 0.15) is 6.42 Å². The van der Waals surface area contributed by atoms with Crippen molar-refractivity contribution in [3.8, 4) is 0 Å². The van der Waals surface area contributed by atoms with Gasteiger partial charge >= 0.3 is 5.97 Å². The maximum Gasteiger partial charge on any atom is 0.304 e. The summed E-state index contributed by atoms with van der Waals surface area (Å²) >= 11 is 3.34. The fourth-order valence-electron chi connectivity index (χ4n) is 2.37. The number of hydrogen-bond acceptors (Lipinski definition) is 5. The first-order chi connectivity index (χ1) is 9.97. The van der Waals surface area contributed by atoms with Crippen LogP contribution < -0.4 is 4.90 Å². The molecule has 1 aromatic rings. The van der Waals surface area contributed by atoms with E-state index in [0.29, 0.717) is 38.4 Å². The van der Waals surface area contributed by atoms with Crippen LogP contribution in [-0.4, -0.2) is 53.6 Å². The summed E-state index contributed by atoms with van der Waals surface area (Å²) in [6.07, 6.45) is 0.122. The third-order valence-corrected chi connectivity index (χ3v) is 3.98.